The normalized spacial score (nSPS) is 16.3. The zero-order chi connectivity index (χ0) is 15.2. The molecule has 1 aromatic rings. The molecular weight excluding hydrogens is 278 g/mol. The Balaban J connectivity index is 1.85. The summed E-state index contributed by atoms with van der Waals surface area (Å²) in [5, 5.41) is 0. The highest BCUT2D eigenvalue weighted by atomic mass is 19.3. The number of nitrogens with zero attached hydrogens (tertiary/aromatic N) is 1. The topological polar surface area (TPSA) is 55.6 Å². The van der Waals surface area contributed by atoms with E-state index >= 15 is 0 Å². The highest BCUT2D eigenvalue weighted by Gasteiger charge is 2.21. The van der Waals surface area contributed by atoms with Crippen LogP contribution in [0.15, 0.2) is 24.3 Å². The fraction of sp³-hybridized carbons (Fsp3) is 0.533. The van der Waals surface area contributed by atoms with Gasteiger partial charge in [0.05, 0.1) is 6.42 Å². The summed E-state index contributed by atoms with van der Waals surface area (Å²) in [7, 11) is 0. The van der Waals surface area contributed by atoms with E-state index in [-0.39, 0.29) is 18.1 Å². The average molecular weight is 298 g/mol. The molecule has 1 amide bonds. The van der Waals surface area contributed by atoms with Crippen LogP contribution in [-0.2, 0) is 11.2 Å². The van der Waals surface area contributed by atoms with Gasteiger partial charge in [-0.3, -0.25) is 4.79 Å². The molecule has 0 saturated carbocycles. The number of ether oxygens (including phenoxy) is 1. The molecule has 0 spiro atoms. The maximum Gasteiger partial charge on any atom is 0.387 e. The van der Waals surface area contributed by atoms with Crippen LogP contribution in [0.3, 0.4) is 0 Å². The fourth-order valence-corrected chi connectivity index (χ4v) is 2.49. The molecule has 1 aliphatic rings. The summed E-state index contributed by atoms with van der Waals surface area (Å²) in [4.78, 5) is 14.0. The third kappa shape index (κ3) is 4.67. The van der Waals surface area contributed by atoms with Crippen molar-refractivity contribution in [3.63, 3.8) is 0 Å². The summed E-state index contributed by atoms with van der Waals surface area (Å²) in [6.07, 6.45) is 2.18. The summed E-state index contributed by atoms with van der Waals surface area (Å²) >= 11 is 0. The second-order valence-corrected chi connectivity index (χ2v) is 5.26. The van der Waals surface area contributed by atoms with Crippen LogP contribution in [0.4, 0.5) is 8.78 Å². The molecule has 0 unspecified atom stereocenters. The number of hydrogen-bond acceptors (Lipinski definition) is 3. The van der Waals surface area contributed by atoms with Gasteiger partial charge >= 0.3 is 6.61 Å². The lowest BCUT2D eigenvalue weighted by atomic mass is 9.96. The van der Waals surface area contributed by atoms with Crippen molar-refractivity contribution in [1.29, 1.82) is 0 Å². The first kappa shape index (κ1) is 15.7. The van der Waals surface area contributed by atoms with E-state index in [0.717, 1.165) is 31.5 Å². The lowest BCUT2D eigenvalue weighted by Crippen LogP contribution is -2.40. The molecule has 116 valence electrons. The second kappa shape index (κ2) is 7.36. The molecule has 2 N–H and O–H groups in total. The Kier molecular flexibility index (Phi) is 5.50. The van der Waals surface area contributed by atoms with Crippen LogP contribution < -0.4 is 10.5 Å². The van der Waals surface area contributed by atoms with Gasteiger partial charge in [-0.1, -0.05) is 12.1 Å². The van der Waals surface area contributed by atoms with Gasteiger partial charge in [-0.2, -0.15) is 8.78 Å². The van der Waals surface area contributed by atoms with Crippen molar-refractivity contribution in [2.24, 2.45) is 11.7 Å². The molecule has 1 heterocycles. The van der Waals surface area contributed by atoms with E-state index in [9.17, 15) is 13.6 Å². The van der Waals surface area contributed by atoms with Crippen LogP contribution in [0.25, 0.3) is 0 Å². The molecule has 0 atom stereocenters. The first-order chi connectivity index (χ1) is 10.1. The van der Waals surface area contributed by atoms with Gasteiger partial charge < -0.3 is 15.4 Å². The van der Waals surface area contributed by atoms with Crippen LogP contribution in [0, 0.1) is 5.92 Å². The number of benzene rings is 1. The van der Waals surface area contributed by atoms with E-state index in [0.29, 0.717) is 12.5 Å². The molecule has 1 aromatic carbocycles. The van der Waals surface area contributed by atoms with Crippen molar-refractivity contribution >= 4 is 5.91 Å². The van der Waals surface area contributed by atoms with Crippen molar-refractivity contribution < 1.29 is 18.3 Å². The molecule has 21 heavy (non-hydrogen) atoms. The largest absolute Gasteiger partial charge is 0.435 e. The van der Waals surface area contributed by atoms with Crippen molar-refractivity contribution in [3.05, 3.63) is 29.8 Å². The number of nitrogens with two attached hydrogens (primary N) is 1. The van der Waals surface area contributed by atoms with Gasteiger partial charge in [0.1, 0.15) is 5.75 Å². The van der Waals surface area contributed by atoms with Gasteiger partial charge in [0.15, 0.2) is 0 Å². The van der Waals surface area contributed by atoms with E-state index in [2.05, 4.69) is 4.74 Å². The monoisotopic (exact) mass is 298 g/mol. The molecule has 2 rings (SSSR count). The summed E-state index contributed by atoms with van der Waals surface area (Å²) in [5.41, 5.74) is 6.42. The summed E-state index contributed by atoms with van der Waals surface area (Å²) in [6.45, 7) is -0.671. The third-order valence-electron chi connectivity index (χ3n) is 3.80. The molecule has 1 fully saturated rings. The maximum absolute atomic E-state index is 12.2. The van der Waals surface area contributed by atoms with Crippen molar-refractivity contribution in [2.45, 2.75) is 25.9 Å². The standard InChI is InChI=1S/C15H20F2N2O2/c16-15(17)21-13-3-1-11(2-4-13)9-14(20)19-7-5-12(10-18)6-8-19/h1-4,12,15H,5-10,18H2. The van der Waals surface area contributed by atoms with Gasteiger partial charge in [-0.15, -0.1) is 0 Å². The Hall–Kier alpha value is -1.69. The molecule has 0 bridgehead atoms. The van der Waals surface area contributed by atoms with Gasteiger partial charge in [0.2, 0.25) is 5.91 Å². The van der Waals surface area contributed by atoms with Crippen LogP contribution in [0.2, 0.25) is 0 Å². The molecule has 0 aliphatic carbocycles. The van der Waals surface area contributed by atoms with Crippen LogP contribution >= 0.6 is 0 Å². The molecule has 1 saturated heterocycles. The predicted molar refractivity (Wildman–Crippen MR) is 75.1 cm³/mol. The van der Waals surface area contributed by atoms with Crippen molar-refractivity contribution in [1.82, 2.24) is 4.90 Å². The Bertz CT molecular complexity index is 457. The summed E-state index contributed by atoms with van der Waals surface area (Å²) in [6, 6.07) is 6.19. The van der Waals surface area contributed by atoms with Crippen molar-refractivity contribution in [3.8, 4) is 5.75 Å². The van der Waals surface area contributed by atoms with E-state index < -0.39 is 6.61 Å². The summed E-state index contributed by atoms with van der Waals surface area (Å²) in [5.74, 6) is 0.679. The first-order valence-electron chi connectivity index (χ1n) is 7.10. The zero-order valence-corrected chi connectivity index (χ0v) is 11.8. The number of halogens is 2. The number of carbonyl (C=O) groups excluding carboxylic acids is 1. The molecule has 0 radical (unpaired) electrons. The smallest absolute Gasteiger partial charge is 0.387 e. The van der Waals surface area contributed by atoms with Gasteiger partial charge in [-0.25, -0.2) is 0 Å². The third-order valence-corrected chi connectivity index (χ3v) is 3.80. The quantitative estimate of drug-likeness (QED) is 0.905. The minimum atomic E-state index is -2.83. The highest BCUT2D eigenvalue weighted by Crippen LogP contribution is 2.18. The summed E-state index contributed by atoms with van der Waals surface area (Å²) < 4.78 is 28.4. The van der Waals surface area contributed by atoms with E-state index in [4.69, 9.17) is 5.73 Å². The second-order valence-electron chi connectivity index (χ2n) is 5.26. The Morgan fingerprint density at radius 3 is 2.43 bits per heavy atom. The molecule has 4 nitrogen and oxygen atoms in total. The highest BCUT2D eigenvalue weighted by molar-refractivity contribution is 5.78. The number of piperidine rings is 1. The SMILES string of the molecule is NCC1CCN(C(=O)Cc2ccc(OC(F)F)cc2)CC1. The number of hydrogen-bond donors (Lipinski definition) is 1. The Labute approximate surface area is 122 Å². The van der Waals surface area contributed by atoms with Crippen molar-refractivity contribution in [2.75, 3.05) is 19.6 Å². The molecule has 6 heteroatoms. The number of likely N-dealkylation sites (tertiary alicyclic amines) is 1. The number of amides is 1. The van der Waals surface area contributed by atoms with Crippen LogP contribution in [0.5, 0.6) is 5.75 Å². The Morgan fingerprint density at radius 1 is 1.29 bits per heavy atom. The predicted octanol–water partition coefficient (Wildman–Crippen LogP) is 2.03. The minimum absolute atomic E-state index is 0.0630. The van der Waals surface area contributed by atoms with E-state index in [1.54, 1.807) is 12.1 Å². The maximum atomic E-state index is 12.2. The first-order valence-corrected chi connectivity index (χ1v) is 7.10. The molecule has 1 aliphatic heterocycles. The minimum Gasteiger partial charge on any atom is -0.435 e. The van der Waals surface area contributed by atoms with Gasteiger partial charge in [-0.05, 0) is 43.0 Å². The van der Waals surface area contributed by atoms with Gasteiger partial charge in [0, 0.05) is 13.1 Å². The van der Waals surface area contributed by atoms with Gasteiger partial charge in [0.25, 0.3) is 0 Å². The van der Waals surface area contributed by atoms with E-state index in [1.165, 1.54) is 12.1 Å². The van der Waals surface area contributed by atoms with E-state index in [1.807, 2.05) is 4.90 Å². The molecular formula is C15H20F2N2O2. The van der Waals surface area contributed by atoms with Crippen LogP contribution in [0.1, 0.15) is 18.4 Å². The number of alkyl halides is 2. The average Bonchev–Trinajstić information content (AvgIpc) is 2.49. The fourth-order valence-electron chi connectivity index (χ4n) is 2.49. The lowest BCUT2D eigenvalue weighted by molar-refractivity contribution is -0.131. The number of rotatable bonds is 5. The Morgan fingerprint density at radius 2 is 1.90 bits per heavy atom. The van der Waals surface area contributed by atoms with Crippen LogP contribution in [-0.4, -0.2) is 37.1 Å². The molecule has 0 aromatic heterocycles. The zero-order valence-electron chi connectivity index (χ0n) is 11.8. The lowest BCUT2D eigenvalue weighted by Gasteiger charge is -2.31. The number of carbonyl (C=O) groups is 1.